The number of aryl methyl sites for hydroxylation is 4. The molecule has 4 heterocycles. The Labute approximate surface area is 784 Å². The van der Waals surface area contributed by atoms with Gasteiger partial charge in [0.25, 0.3) is 0 Å². The summed E-state index contributed by atoms with van der Waals surface area (Å²) in [7, 11) is 0. The van der Waals surface area contributed by atoms with Crippen LogP contribution in [0.4, 0.5) is 68.2 Å². The van der Waals surface area contributed by atoms with Crippen molar-refractivity contribution in [2.75, 3.05) is 19.6 Å². The van der Waals surface area contributed by atoms with Crippen LogP contribution in [-0.4, -0.2) is 8.80 Å². The molecule has 0 unspecified atom stereocenters. The molecule has 0 bridgehead atoms. The largest absolute Gasteiger partial charge is 0.310 e. The minimum absolute atomic E-state index is 0.463. The topological polar surface area (TPSA) is 21.8 Å². The maximum absolute atomic E-state index is 2.56. The van der Waals surface area contributed by atoms with Crippen molar-refractivity contribution < 1.29 is 0 Å². The molecule has 648 valence electrons. The lowest BCUT2D eigenvalue weighted by atomic mass is 9.97. The van der Waals surface area contributed by atoms with Crippen LogP contribution in [-0.2, 0) is 0 Å². The van der Waals surface area contributed by atoms with Crippen molar-refractivity contribution in [3.63, 3.8) is 0 Å². The molecule has 0 aliphatic carbocycles. The van der Waals surface area contributed by atoms with Crippen LogP contribution in [0.15, 0.2) is 400 Å². The summed E-state index contributed by atoms with van der Waals surface area (Å²) in [5.74, 6) is 1.85. The van der Waals surface area contributed by atoms with E-state index in [0.29, 0.717) is 23.7 Å². The third-order valence-electron chi connectivity index (χ3n) is 28.2. The van der Waals surface area contributed by atoms with Crippen molar-refractivity contribution in [2.24, 2.45) is 0 Å². The number of aromatic nitrogens is 2. The van der Waals surface area contributed by atoms with E-state index < -0.39 is 0 Å². The SMILES string of the molecule is CC(C)c1ccc(N(c2ccc(C(C)C)cc2)c2ccc3cc4c5cc(-c6ccccc6)cc6c7cc8ccc(N(c9ccc(C(C)C)cc9)c9ccc(C(C)C)cc9)cc8cc7n(c4cc3c2)c56)cc1.Cc1ccc(N(c2ccc(C)cc2)c2ccc3cc4c5cc(-c6ccccc6)cc6c7cc8ccc(N(c9ccc(C)cc9)c9ccc(C)cc9)cc8cc7n(c4cc3c2)c56)cc1. The van der Waals surface area contributed by atoms with Gasteiger partial charge < -0.3 is 28.4 Å². The molecule has 4 aromatic heterocycles. The van der Waals surface area contributed by atoms with Crippen LogP contribution < -0.4 is 19.6 Å². The third-order valence-corrected chi connectivity index (χ3v) is 28.2. The number of hydrogen-bond donors (Lipinski definition) is 0. The highest BCUT2D eigenvalue weighted by Gasteiger charge is 2.27. The predicted molar refractivity (Wildman–Crippen MR) is 577 cm³/mol. The molecule has 0 amide bonds. The van der Waals surface area contributed by atoms with E-state index in [1.807, 2.05) is 0 Å². The van der Waals surface area contributed by atoms with E-state index >= 15 is 0 Å². The second kappa shape index (κ2) is 33.3. The molecule has 6 nitrogen and oxygen atoms in total. The molecule has 0 saturated carbocycles. The Morgan fingerprint density at radius 3 is 0.560 bits per heavy atom. The molecule has 0 atom stereocenters. The first-order valence-electron chi connectivity index (χ1n) is 47.6. The van der Waals surface area contributed by atoms with Crippen molar-refractivity contribution in [2.45, 2.75) is 107 Å². The number of fused-ring (bicyclic) bond motifs is 16. The van der Waals surface area contributed by atoms with Crippen molar-refractivity contribution in [3.8, 4) is 22.3 Å². The number of rotatable bonds is 18. The maximum Gasteiger partial charge on any atom is 0.0620 e. The summed E-state index contributed by atoms with van der Waals surface area (Å²) in [6.07, 6.45) is 0. The normalized spacial score (nSPS) is 12.0. The molecule has 24 aromatic rings. The second-order valence-electron chi connectivity index (χ2n) is 38.5. The van der Waals surface area contributed by atoms with Crippen LogP contribution in [0, 0.1) is 27.7 Å². The zero-order valence-electron chi connectivity index (χ0n) is 78.1. The minimum atomic E-state index is 0.463. The van der Waals surface area contributed by atoms with E-state index in [-0.39, 0.29) is 0 Å². The van der Waals surface area contributed by atoms with Gasteiger partial charge >= 0.3 is 0 Å². The van der Waals surface area contributed by atoms with Gasteiger partial charge in [0.15, 0.2) is 0 Å². The molecule has 0 aliphatic rings. The minimum Gasteiger partial charge on any atom is -0.310 e. The zero-order chi connectivity index (χ0) is 91.0. The Bertz CT molecular complexity index is 7940. The lowest BCUT2D eigenvalue weighted by Crippen LogP contribution is -2.10. The molecular formula is C128H106N6. The second-order valence-corrected chi connectivity index (χ2v) is 38.5. The van der Waals surface area contributed by atoms with Gasteiger partial charge in [-0.1, -0.05) is 260 Å². The van der Waals surface area contributed by atoms with Gasteiger partial charge in [-0.05, 0) is 357 Å². The molecule has 0 fully saturated rings. The Balaban J connectivity index is 0.000000152. The monoisotopic (exact) mass is 1730 g/mol. The molecule has 0 saturated heterocycles. The molecule has 24 rings (SSSR count). The highest BCUT2D eigenvalue weighted by molar-refractivity contribution is 6.29. The average Bonchev–Trinajstić information content (AvgIpc) is 1.53. The predicted octanol–water partition coefficient (Wildman–Crippen LogP) is 37.2. The fourth-order valence-corrected chi connectivity index (χ4v) is 20.8. The van der Waals surface area contributed by atoms with Crippen LogP contribution in [0.1, 0.15) is 124 Å². The lowest BCUT2D eigenvalue weighted by molar-refractivity contribution is 0.866. The molecule has 20 aromatic carbocycles. The van der Waals surface area contributed by atoms with Gasteiger partial charge in [-0.15, -0.1) is 0 Å². The van der Waals surface area contributed by atoms with Gasteiger partial charge in [-0.3, -0.25) is 0 Å². The average molecular weight is 1730 g/mol. The van der Waals surface area contributed by atoms with E-state index in [1.165, 1.54) is 186 Å². The number of hydrogen-bond acceptors (Lipinski definition) is 4. The Hall–Kier alpha value is -15.8. The summed E-state index contributed by atoms with van der Waals surface area (Å²) in [5, 5.41) is 19.9. The number of nitrogens with zero attached hydrogens (tertiary/aromatic N) is 6. The van der Waals surface area contributed by atoms with E-state index in [1.54, 1.807) is 0 Å². The van der Waals surface area contributed by atoms with Crippen LogP contribution in [0.25, 0.3) is 142 Å². The molecule has 6 heteroatoms. The van der Waals surface area contributed by atoms with Crippen molar-refractivity contribution in [1.82, 2.24) is 8.80 Å². The quantitative estimate of drug-likeness (QED) is 0.0853. The zero-order valence-corrected chi connectivity index (χ0v) is 78.1. The summed E-state index contributed by atoms with van der Waals surface area (Å²) in [5.41, 5.74) is 36.3. The van der Waals surface area contributed by atoms with Crippen LogP contribution in [0.3, 0.4) is 0 Å². The molecule has 0 radical (unpaired) electrons. The fraction of sp³-hybridized carbons (Fsp3) is 0.125. The Kier molecular flexibility index (Phi) is 20.5. The smallest absolute Gasteiger partial charge is 0.0620 e. The Morgan fingerprint density at radius 1 is 0.164 bits per heavy atom. The van der Waals surface area contributed by atoms with Gasteiger partial charge in [0.2, 0.25) is 0 Å². The third kappa shape index (κ3) is 14.7. The van der Waals surface area contributed by atoms with E-state index in [9.17, 15) is 0 Å². The van der Waals surface area contributed by atoms with E-state index in [2.05, 4.69) is 512 Å². The van der Waals surface area contributed by atoms with Gasteiger partial charge in [0.05, 0.1) is 33.1 Å². The van der Waals surface area contributed by atoms with Gasteiger partial charge in [-0.2, -0.15) is 0 Å². The molecule has 0 aliphatic heterocycles. The molecular weight excluding hydrogens is 1620 g/mol. The molecule has 0 N–H and O–H groups in total. The fourth-order valence-electron chi connectivity index (χ4n) is 20.8. The van der Waals surface area contributed by atoms with Crippen LogP contribution >= 0.6 is 0 Å². The summed E-state index contributed by atoms with van der Waals surface area (Å²) >= 11 is 0. The van der Waals surface area contributed by atoms with Gasteiger partial charge in [-0.25, -0.2) is 0 Å². The van der Waals surface area contributed by atoms with Crippen LogP contribution in [0.5, 0.6) is 0 Å². The first-order valence-corrected chi connectivity index (χ1v) is 47.6. The molecule has 0 spiro atoms. The lowest BCUT2D eigenvalue weighted by Gasteiger charge is -2.26. The van der Waals surface area contributed by atoms with Crippen molar-refractivity contribution >= 4 is 188 Å². The van der Waals surface area contributed by atoms with Crippen molar-refractivity contribution in [1.29, 1.82) is 0 Å². The summed E-state index contributed by atoms with van der Waals surface area (Å²) < 4.78 is 5.10. The van der Waals surface area contributed by atoms with E-state index in [4.69, 9.17) is 0 Å². The summed E-state index contributed by atoms with van der Waals surface area (Å²) in [6, 6.07) is 151. The van der Waals surface area contributed by atoms with E-state index in [0.717, 1.165) is 68.2 Å². The highest BCUT2D eigenvalue weighted by Crippen LogP contribution is 2.51. The Morgan fingerprint density at radius 2 is 0.358 bits per heavy atom. The van der Waals surface area contributed by atoms with Gasteiger partial charge in [0, 0.05) is 111 Å². The first kappa shape index (κ1) is 82.6. The standard InChI is InChI=1S/C68H61N3.C60H45N3/c1-42(2)46-14-24-56(25-15-46)69(57-26-16-47(17-27-57)43(3)4)60-32-22-51-36-62-64-38-55(50-12-10-9-11-13-50)39-65-63-37-52-23-33-61(35-54(52)41-67(63)71(68(64)65)66(62)40-53(51)34-60)70(58-28-18-48(19-29-58)44(5)6)59-30-20-49(21-31-59)45(7)8;1-38-10-20-48(21-11-38)61(49-22-12-39(2)13-23-49)52-28-18-43-32-54-56-34-47(42-8-6-5-7-9-42)35-57-55-33-44-19-29-53(31-46(44)37-59(55)63(60(56)57)58(54)36-45(43)30-52)62(50-24-14-40(3)15-25-50)51-26-16-41(4)17-27-51/h9-45H,1-8H3;5-37H,1-4H3. The van der Waals surface area contributed by atoms with Crippen molar-refractivity contribution in [3.05, 3.63) is 445 Å². The highest BCUT2D eigenvalue weighted by atomic mass is 15.2. The van der Waals surface area contributed by atoms with Crippen LogP contribution in [0.2, 0.25) is 0 Å². The molecule has 134 heavy (non-hydrogen) atoms. The summed E-state index contributed by atoms with van der Waals surface area (Å²) in [6.45, 7) is 26.7. The van der Waals surface area contributed by atoms with Gasteiger partial charge in [0.1, 0.15) is 0 Å². The first-order chi connectivity index (χ1) is 65.3. The summed E-state index contributed by atoms with van der Waals surface area (Å²) in [4.78, 5) is 9.57. The number of anilines is 12. The maximum atomic E-state index is 2.56. The number of benzene rings is 20.